The first-order valence-electron chi connectivity index (χ1n) is 5.10. The smallest absolute Gasteiger partial charge is 0.323 e. The normalized spacial score (nSPS) is 17.6. The Hall–Kier alpha value is -2.57. The van der Waals surface area contributed by atoms with E-state index in [0.717, 1.165) is 4.90 Å². The van der Waals surface area contributed by atoms with E-state index in [1.807, 2.05) is 0 Å². The second-order valence-corrected chi connectivity index (χ2v) is 3.70. The van der Waals surface area contributed by atoms with Crippen LogP contribution in [0.25, 0.3) is 6.08 Å². The molecular formula is C11H9N3O4. The van der Waals surface area contributed by atoms with Crippen LogP contribution in [-0.4, -0.2) is 44.3 Å². The Morgan fingerprint density at radius 2 is 2.06 bits per heavy atom. The zero-order valence-corrected chi connectivity index (χ0v) is 9.24. The van der Waals surface area contributed by atoms with Gasteiger partial charge in [0.2, 0.25) is 5.91 Å². The Labute approximate surface area is 102 Å². The van der Waals surface area contributed by atoms with Crippen LogP contribution in [-0.2, 0) is 14.4 Å². The molecular weight excluding hydrogens is 238 g/mol. The molecule has 0 unspecified atom stereocenters. The molecule has 1 saturated heterocycles. The summed E-state index contributed by atoms with van der Waals surface area (Å²) in [5.41, 5.74) is 0.835. The fourth-order valence-corrected chi connectivity index (χ4v) is 1.61. The third-order valence-electron chi connectivity index (χ3n) is 2.38. The van der Waals surface area contributed by atoms with E-state index in [0.29, 0.717) is 5.56 Å². The number of carbonyl (C=O) groups excluding carboxylic acids is 2. The van der Waals surface area contributed by atoms with Crippen LogP contribution in [0.2, 0.25) is 0 Å². The minimum Gasteiger partial charge on any atom is -0.480 e. The SMILES string of the molecule is O=C(O)CN1C(=O)C/C(=C\c2cncnc2)C1=O. The van der Waals surface area contributed by atoms with Crippen LogP contribution < -0.4 is 0 Å². The van der Waals surface area contributed by atoms with E-state index in [1.165, 1.54) is 24.8 Å². The summed E-state index contributed by atoms with van der Waals surface area (Å²) < 4.78 is 0. The maximum atomic E-state index is 11.8. The topological polar surface area (TPSA) is 100 Å². The van der Waals surface area contributed by atoms with E-state index in [9.17, 15) is 14.4 Å². The van der Waals surface area contributed by atoms with E-state index >= 15 is 0 Å². The number of amides is 2. The highest BCUT2D eigenvalue weighted by Gasteiger charge is 2.34. The molecule has 0 bridgehead atoms. The predicted octanol–water partition coefficient (Wildman–Crippen LogP) is -0.296. The van der Waals surface area contributed by atoms with Crippen molar-refractivity contribution in [1.82, 2.24) is 14.9 Å². The first-order valence-corrected chi connectivity index (χ1v) is 5.10. The molecule has 0 radical (unpaired) electrons. The minimum absolute atomic E-state index is 0.0962. The molecule has 92 valence electrons. The highest BCUT2D eigenvalue weighted by molar-refractivity contribution is 6.16. The van der Waals surface area contributed by atoms with Gasteiger partial charge in [0.05, 0.1) is 6.42 Å². The largest absolute Gasteiger partial charge is 0.480 e. The summed E-state index contributed by atoms with van der Waals surface area (Å²) in [6, 6.07) is 0. The van der Waals surface area contributed by atoms with Gasteiger partial charge in [-0.1, -0.05) is 0 Å². The minimum atomic E-state index is -1.22. The Morgan fingerprint density at radius 3 is 2.67 bits per heavy atom. The molecule has 1 aliphatic heterocycles. The summed E-state index contributed by atoms with van der Waals surface area (Å²) >= 11 is 0. The van der Waals surface area contributed by atoms with Crippen LogP contribution >= 0.6 is 0 Å². The van der Waals surface area contributed by atoms with Crippen molar-refractivity contribution in [1.29, 1.82) is 0 Å². The molecule has 0 aliphatic carbocycles. The zero-order chi connectivity index (χ0) is 13.1. The molecule has 7 nitrogen and oxygen atoms in total. The van der Waals surface area contributed by atoms with E-state index in [-0.39, 0.29) is 12.0 Å². The number of aliphatic carboxylic acids is 1. The summed E-state index contributed by atoms with van der Waals surface area (Å²) in [6.45, 7) is -0.611. The van der Waals surface area contributed by atoms with E-state index < -0.39 is 24.3 Å². The molecule has 7 heteroatoms. The van der Waals surface area contributed by atoms with Gasteiger partial charge >= 0.3 is 5.97 Å². The van der Waals surface area contributed by atoms with Crippen LogP contribution in [0, 0.1) is 0 Å². The second-order valence-electron chi connectivity index (χ2n) is 3.70. The Balaban J connectivity index is 2.23. The van der Waals surface area contributed by atoms with E-state index in [2.05, 4.69) is 9.97 Å². The lowest BCUT2D eigenvalue weighted by atomic mass is 10.1. The molecule has 1 aliphatic rings. The van der Waals surface area contributed by atoms with Gasteiger partial charge in [0.1, 0.15) is 12.9 Å². The van der Waals surface area contributed by atoms with Gasteiger partial charge < -0.3 is 5.11 Å². The van der Waals surface area contributed by atoms with Gasteiger partial charge in [0.25, 0.3) is 5.91 Å². The Bertz CT molecular complexity index is 538. The van der Waals surface area contributed by atoms with Crippen molar-refractivity contribution in [3.05, 3.63) is 29.9 Å². The van der Waals surface area contributed by atoms with Gasteiger partial charge in [-0.3, -0.25) is 19.3 Å². The van der Waals surface area contributed by atoms with Gasteiger partial charge in [-0.2, -0.15) is 0 Å². The maximum absolute atomic E-state index is 11.8. The van der Waals surface area contributed by atoms with Gasteiger partial charge in [0, 0.05) is 23.5 Å². The molecule has 1 aromatic rings. The third kappa shape index (κ3) is 2.40. The molecule has 2 rings (SSSR count). The van der Waals surface area contributed by atoms with Gasteiger partial charge in [-0.25, -0.2) is 9.97 Å². The van der Waals surface area contributed by atoms with E-state index in [1.54, 1.807) is 0 Å². The average Bonchev–Trinajstić information content (AvgIpc) is 2.58. The molecule has 18 heavy (non-hydrogen) atoms. The molecule has 1 aromatic heterocycles. The van der Waals surface area contributed by atoms with Crippen molar-refractivity contribution < 1.29 is 19.5 Å². The van der Waals surface area contributed by atoms with Gasteiger partial charge in [0.15, 0.2) is 0 Å². The summed E-state index contributed by atoms with van der Waals surface area (Å²) in [7, 11) is 0. The van der Waals surface area contributed by atoms with Gasteiger partial charge in [-0.15, -0.1) is 0 Å². The van der Waals surface area contributed by atoms with Crippen molar-refractivity contribution in [3.8, 4) is 0 Å². The first kappa shape index (κ1) is 11.9. The molecule has 0 spiro atoms. The number of hydrogen-bond acceptors (Lipinski definition) is 5. The molecule has 2 heterocycles. The van der Waals surface area contributed by atoms with Crippen molar-refractivity contribution in [2.45, 2.75) is 6.42 Å². The summed E-state index contributed by atoms with van der Waals surface area (Å²) in [5.74, 6) is -2.31. The molecule has 1 fully saturated rings. The number of carbonyl (C=O) groups is 3. The molecule has 0 aromatic carbocycles. The van der Waals surface area contributed by atoms with Crippen molar-refractivity contribution >= 4 is 23.9 Å². The van der Waals surface area contributed by atoms with Crippen LogP contribution in [0.4, 0.5) is 0 Å². The molecule has 2 amide bonds. The molecule has 1 N–H and O–H groups in total. The number of hydrogen-bond donors (Lipinski definition) is 1. The molecule has 0 atom stereocenters. The number of rotatable bonds is 3. The third-order valence-corrected chi connectivity index (χ3v) is 2.38. The summed E-state index contributed by atoms with van der Waals surface area (Å²) in [6.07, 6.45) is 5.73. The Kier molecular flexibility index (Phi) is 3.13. The monoisotopic (exact) mass is 247 g/mol. The van der Waals surface area contributed by atoms with Crippen molar-refractivity contribution in [2.24, 2.45) is 0 Å². The number of imide groups is 1. The second kappa shape index (κ2) is 4.74. The van der Waals surface area contributed by atoms with Crippen molar-refractivity contribution in [2.75, 3.05) is 6.54 Å². The quantitative estimate of drug-likeness (QED) is 0.581. The lowest BCUT2D eigenvalue weighted by Gasteiger charge is -2.08. The lowest BCUT2D eigenvalue weighted by molar-refractivity contribution is -0.148. The molecule has 0 saturated carbocycles. The number of carboxylic acid groups (broad SMARTS) is 1. The van der Waals surface area contributed by atoms with Crippen LogP contribution in [0.5, 0.6) is 0 Å². The number of aromatic nitrogens is 2. The van der Waals surface area contributed by atoms with Crippen molar-refractivity contribution in [3.63, 3.8) is 0 Å². The van der Waals surface area contributed by atoms with Gasteiger partial charge in [-0.05, 0) is 6.08 Å². The van der Waals surface area contributed by atoms with Crippen LogP contribution in [0.3, 0.4) is 0 Å². The standard InChI is InChI=1S/C11H9N3O4/c15-9-2-8(1-7-3-12-6-13-4-7)11(18)14(9)5-10(16)17/h1,3-4,6H,2,5H2,(H,16,17)/b8-1+. The first-order chi connectivity index (χ1) is 8.58. The fraction of sp³-hybridized carbons (Fsp3) is 0.182. The lowest BCUT2D eigenvalue weighted by Crippen LogP contribution is -2.34. The average molecular weight is 247 g/mol. The van der Waals surface area contributed by atoms with Crippen LogP contribution in [0.1, 0.15) is 12.0 Å². The number of carboxylic acids is 1. The van der Waals surface area contributed by atoms with E-state index in [4.69, 9.17) is 5.11 Å². The fourth-order valence-electron chi connectivity index (χ4n) is 1.61. The van der Waals surface area contributed by atoms with Crippen LogP contribution in [0.15, 0.2) is 24.3 Å². The number of nitrogens with zero attached hydrogens (tertiary/aromatic N) is 3. The highest BCUT2D eigenvalue weighted by Crippen LogP contribution is 2.20. The maximum Gasteiger partial charge on any atom is 0.323 e. The predicted molar refractivity (Wildman–Crippen MR) is 59.0 cm³/mol. The zero-order valence-electron chi connectivity index (χ0n) is 9.24. The number of likely N-dealkylation sites (tertiary alicyclic amines) is 1. The Morgan fingerprint density at radius 1 is 1.39 bits per heavy atom. The summed E-state index contributed by atoms with van der Waals surface area (Å²) in [5, 5.41) is 8.60. The highest BCUT2D eigenvalue weighted by atomic mass is 16.4. The summed E-state index contributed by atoms with van der Waals surface area (Å²) in [4.78, 5) is 42.1.